The number of ketones is 2. The second-order valence-corrected chi connectivity index (χ2v) is 6.25. The Bertz CT molecular complexity index is 1060. The Morgan fingerprint density at radius 3 is 2.24 bits per heavy atom. The van der Waals surface area contributed by atoms with Gasteiger partial charge in [-0.25, -0.2) is 4.98 Å². The molecule has 0 saturated heterocycles. The highest BCUT2D eigenvalue weighted by Crippen LogP contribution is 2.33. The van der Waals surface area contributed by atoms with Gasteiger partial charge in [0.25, 0.3) is 0 Å². The highest BCUT2D eigenvalue weighted by Gasteiger charge is 2.33. The molecule has 1 aromatic heterocycles. The van der Waals surface area contributed by atoms with E-state index in [1.54, 1.807) is 24.3 Å². The van der Waals surface area contributed by atoms with Crippen LogP contribution in [0.2, 0.25) is 0 Å². The van der Waals surface area contributed by atoms with Gasteiger partial charge in [0.1, 0.15) is 5.69 Å². The van der Waals surface area contributed by atoms with Gasteiger partial charge in [-0.3, -0.25) is 9.59 Å². The molecule has 4 nitrogen and oxygen atoms in total. The molecule has 122 valence electrons. The van der Waals surface area contributed by atoms with E-state index in [0.717, 1.165) is 10.9 Å². The molecule has 0 atom stereocenters. The van der Waals surface area contributed by atoms with Gasteiger partial charge in [0.15, 0.2) is 5.78 Å². The number of rotatable bonds is 2. The monoisotopic (exact) mass is 328 g/mol. The summed E-state index contributed by atoms with van der Waals surface area (Å²) < 4.78 is 0. The number of carbonyl (C=O) groups excluding carboxylic acids is 2. The van der Waals surface area contributed by atoms with E-state index in [1.165, 1.54) is 0 Å². The summed E-state index contributed by atoms with van der Waals surface area (Å²) in [5.41, 5.74) is 2.94. The summed E-state index contributed by atoms with van der Waals surface area (Å²) >= 11 is 0. The number of pyridine rings is 1. The summed E-state index contributed by atoms with van der Waals surface area (Å²) in [5, 5.41) is 0.861. The first-order valence-corrected chi connectivity index (χ1v) is 8.03. The summed E-state index contributed by atoms with van der Waals surface area (Å²) in [6.07, 6.45) is 3.75. The summed E-state index contributed by atoms with van der Waals surface area (Å²) in [6, 6.07) is 14.5. The van der Waals surface area contributed by atoms with Gasteiger partial charge in [-0.15, -0.1) is 0 Å². The number of nitrogens with zero attached hydrogens (tertiary/aromatic N) is 2. The van der Waals surface area contributed by atoms with Crippen molar-refractivity contribution in [3.05, 3.63) is 82.7 Å². The predicted octanol–water partition coefficient (Wildman–Crippen LogP) is 3.54. The van der Waals surface area contributed by atoms with Crippen LogP contribution in [0.4, 0.5) is 0 Å². The number of carbonyl (C=O) groups is 2. The SMILES string of the molecule is CN(C)C=Cc1c2c(nc3ccccc13)C(=O)c1ccccc1C2=O. The molecule has 0 saturated carbocycles. The first-order chi connectivity index (χ1) is 12.1. The lowest BCUT2D eigenvalue weighted by atomic mass is 9.83. The van der Waals surface area contributed by atoms with Gasteiger partial charge in [-0.05, 0) is 23.9 Å². The van der Waals surface area contributed by atoms with Gasteiger partial charge in [0.2, 0.25) is 5.78 Å². The quantitative estimate of drug-likeness (QED) is 0.565. The van der Waals surface area contributed by atoms with Crippen molar-refractivity contribution in [2.24, 2.45) is 0 Å². The molecule has 2 aromatic carbocycles. The van der Waals surface area contributed by atoms with E-state index in [4.69, 9.17) is 0 Å². The Hall–Kier alpha value is -3.27. The molecule has 4 rings (SSSR count). The van der Waals surface area contributed by atoms with E-state index in [1.807, 2.05) is 55.5 Å². The molecule has 0 aliphatic heterocycles. The minimum atomic E-state index is -0.199. The topological polar surface area (TPSA) is 50.3 Å². The lowest BCUT2D eigenvalue weighted by Crippen LogP contribution is -2.23. The fraction of sp³-hybridized carbons (Fsp3) is 0.0952. The maximum Gasteiger partial charge on any atom is 0.212 e. The largest absolute Gasteiger partial charge is 0.383 e. The van der Waals surface area contributed by atoms with E-state index in [0.29, 0.717) is 22.2 Å². The standard InChI is InChI=1S/C21H16N2O2/c1-23(2)12-11-14-13-7-5-6-10-17(13)22-19-18(14)20(24)15-8-3-4-9-16(15)21(19)25/h3-12H,1-2H3. The second kappa shape index (κ2) is 5.67. The van der Waals surface area contributed by atoms with E-state index in [9.17, 15) is 9.59 Å². The normalized spacial score (nSPS) is 13.2. The molecular weight excluding hydrogens is 312 g/mol. The van der Waals surface area contributed by atoms with Gasteiger partial charge in [0.05, 0.1) is 11.1 Å². The molecule has 0 spiro atoms. The van der Waals surface area contributed by atoms with Crippen LogP contribution < -0.4 is 0 Å². The molecule has 0 fully saturated rings. The van der Waals surface area contributed by atoms with Crippen molar-refractivity contribution in [3.63, 3.8) is 0 Å². The van der Waals surface area contributed by atoms with Gasteiger partial charge < -0.3 is 4.90 Å². The Labute approximate surface area is 145 Å². The molecule has 4 heteroatoms. The summed E-state index contributed by atoms with van der Waals surface area (Å²) in [5.74, 6) is -0.350. The van der Waals surface area contributed by atoms with Crippen molar-refractivity contribution in [2.45, 2.75) is 0 Å². The molecule has 0 N–H and O–H groups in total. The number of hydrogen-bond donors (Lipinski definition) is 0. The Morgan fingerprint density at radius 1 is 0.880 bits per heavy atom. The van der Waals surface area contributed by atoms with E-state index >= 15 is 0 Å². The van der Waals surface area contributed by atoms with Crippen molar-refractivity contribution in [1.29, 1.82) is 0 Å². The molecule has 1 aliphatic rings. The van der Waals surface area contributed by atoms with Crippen LogP contribution in [0.15, 0.2) is 54.7 Å². The molecule has 3 aromatic rings. The molecule has 25 heavy (non-hydrogen) atoms. The highest BCUT2D eigenvalue weighted by atomic mass is 16.1. The average Bonchev–Trinajstić information content (AvgIpc) is 2.63. The van der Waals surface area contributed by atoms with E-state index in [2.05, 4.69) is 4.98 Å². The van der Waals surface area contributed by atoms with Crippen LogP contribution in [-0.4, -0.2) is 35.5 Å². The predicted molar refractivity (Wildman–Crippen MR) is 97.8 cm³/mol. The lowest BCUT2D eigenvalue weighted by molar-refractivity contribution is 0.0975. The molecular formula is C21H16N2O2. The molecule has 0 bridgehead atoms. The molecule has 0 unspecified atom stereocenters. The zero-order chi connectivity index (χ0) is 17.6. The van der Waals surface area contributed by atoms with Crippen molar-refractivity contribution in [1.82, 2.24) is 9.88 Å². The van der Waals surface area contributed by atoms with Crippen LogP contribution in [0, 0.1) is 0 Å². The third kappa shape index (κ3) is 2.34. The second-order valence-electron chi connectivity index (χ2n) is 6.25. The Kier molecular flexibility index (Phi) is 3.46. The number of aromatic nitrogens is 1. The van der Waals surface area contributed by atoms with Crippen LogP contribution in [-0.2, 0) is 0 Å². The van der Waals surface area contributed by atoms with Crippen molar-refractivity contribution in [3.8, 4) is 0 Å². The minimum Gasteiger partial charge on any atom is -0.383 e. The molecule has 0 radical (unpaired) electrons. The van der Waals surface area contributed by atoms with Gasteiger partial charge in [0, 0.05) is 30.6 Å². The third-order valence-corrected chi connectivity index (χ3v) is 4.33. The van der Waals surface area contributed by atoms with Crippen LogP contribution >= 0.6 is 0 Å². The maximum atomic E-state index is 13.1. The van der Waals surface area contributed by atoms with Crippen LogP contribution in [0.1, 0.15) is 37.5 Å². The van der Waals surface area contributed by atoms with Gasteiger partial charge in [-0.2, -0.15) is 0 Å². The van der Waals surface area contributed by atoms with Crippen LogP contribution in [0.3, 0.4) is 0 Å². The minimum absolute atomic E-state index is 0.151. The molecule has 1 heterocycles. The number of fused-ring (bicyclic) bond motifs is 3. The summed E-state index contributed by atoms with van der Waals surface area (Å²) in [7, 11) is 3.82. The average molecular weight is 328 g/mol. The van der Waals surface area contributed by atoms with Gasteiger partial charge in [-0.1, -0.05) is 42.5 Å². The lowest BCUT2D eigenvalue weighted by Gasteiger charge is -2.20. The van der Waals surface area contributed by atoms with Crippen LogP contribution in [0.25, 0.3) is 17.0 Å². The number of benzene rings is 2. The van der Waals surface area contributed by atoms with Crippen molar-refractivity contribution in [2.75, 3.05) is 14.1 Å². The fourth-order valence-electron chi connectivity index (χ4n) is 3.17. The smallest absolute Gasteiger partial charge is 0.212 e. The van der Waals surface area contributed by atoms with Gasteiger partial charge >= 0.3 is 0 Å². The first kappa shape index (κ1) is 15.3. The first-order valence-electron chi connectivity index (χ1n) is 8.03. The van der Waals surface area contributed by atoms with Crippen molar-refractivity contribution < 1.29 is 9.59 Å². The third-order valence-electron chi connectivity index (χ3n) is 4.33. The molecule has 0 amide bonds. The number of para-hydroxylation sites is 1. The van der Waals surface area contributed by atoms with Crippen molar-refractivity contribution >= 4 is 28.5 Å². The Morgan fingerprint density at radius 2 is 1.52 bits per heavy atom. The zero-order valence-electron chi connectivity index (χ0n) is 14.0. The van der Waals surface area contributed by atoms with E-state index < -0.39 is 0 Å². The number of hydrogen-bond acceptors (Lipinski definition) is 4. The highest BCUT2D eigenvalue weighted by molar-refractivity contribution is 6.29. The zero-order valence-corrected chi connectivity index (χ0v) is 14.0. The van der Waals surface area contributed by atoms with Crippen LogP contribution in [0.5, 0.6) is 0 Å². The fourth-order valence-corrected chi connectivity index (χ4v) is 3.17. The molecule has 1 aliphatic carbocycles. The summed E-state index contributed by atoms with van der Waals surface area (Å²) in [4.78, 5) is 32.5. The maximum absolute atomic E-state index is 13.1. The van der Waals surface area contributed by atoms with E-state index in [-0.39, 0.29) is 17.3 Å². The Balaban J connectivity index is 2.09. The summed E-state index contributed by atoms with van der Waals surface area (Å²) in [6.45, 7) is 0.